The fraction of sp³-hybridized carbons (Fsp3) is 0.357. The smallest absolute Gasteiger partial charge is 0.134 e. The van der Waals surface area contributed by atoms with E-state index in [0.717, 1.165) is 22.2 Å². The first kappa shape index (κ1) is 11.9. The molecule has 0 atom stereocenters. The normalized spacial score (nSPS) is 11.8. The minimum absolute atomic E-state index is 0.0172. The topological polar surface area (TPSA) is 45.2 Å². The van der Waals surface area contributed by atoms with Gasteiger partial charge >= 0.3 is 0 Å². The van der Waals surface area contributed by atoms with Gasteiger partial charge < -0.3 is 10.4 Å². The zero-order chi connectivity index (χ0) is 12.5. The number of hydrogen-bond donors (Lipinski definition) is 2. The van der Waals surface area contributed by atoms with Gasteiger partial charge in [-0.15, -0.1) is 0 Å². The molecule has 1 aromatic carbocycles. The third-order valence-corrected chi connectivity index (χ3v) is 2.54. The largest absolute Gasteiger partial charge is 0.392 e. The average Bonchev–Trinajstić information content (AvgIpc) is 2.28. The minimum atomic E-state index is -0.0312. The standard InChI is InChI=1S/C14H18N2O/c1-14(2,3)16-13-12-7-5-4-6-11(12)10(9-17)8-15-13/h4-8,17H,9H2,1-3H3,(H,15,16). The van der Waals surface area contributed by atoms with E-state index in [1.807, 2.05) is 24.3 Å². The van der Waals surface area contributed by atoms with Crippen LogP contribution in [0.5, 0.6) is 0 Å². The predicted molar refractivity (Wildman–Crippen MR) is 71.0 cm³/mol. The van der Waals surface area contributed by atoms with Gasteiger partial charge in [0.2, 0.25) is 0 Å². The van der Waals surface area contributed by atoms with Gasteiger partial charge in [0.25, 0.3) is 0 Å². The summed E-state index contributed by atoms with van der Waals surface area (Å²) in [6.07, 6.45) is 1.73. The maximum Gasteiger partial charge on any atom is 0.134 e. The van der Waals surface area contributed by atoms with Crippen LogP contribution in [-0.4, -0.2) is 15.6 Å². The van der Waals surface area contributed by atoms with E-state index in [2.05, 4.69) is 31.1 Å². The van der Waals surface area contributed by atoms with Gasteiger partial charge in [-0.3, -0.25) is 0 Å². The summed E-state index contributed by atoms with van der Waals surface area (Å²) < 4.78 is 0. The molecule has 0 saturated carbocycles. The molecule has 0 spiro atoms. The Hall–Kier alpha value is -1.61. The maximum atomic E-state index is 9.30. The Bertz CT molecular complexity index is 529. The molecule has 0 aliphatic carbocycles. The molecule has 0 fully saturated rings. The molecule has 2 aromatic rings. The number of rotatable bonds is 2. The van der Waals surface area contributed by atoms with E-state index in [0.29, 0.717) is 0 Å². The van der Waals surface area contributed by atoms with Crippen molar-refractivity contribution in [3.8, 4) is 0 Å². The van der Waals surface area contributed by atoms with Gasteiger partial charge in [-0.25, -0.2) is 4.98 Å². The second kappa shape index (κ2) is 4.34. The number of nitrogens with zero attached hydrogens (tertiary/aromatic N) is 1. The van der Waals surface area contributed by atoms with Crippen LogP contribution >= 0.6 is 0 Å². The summed E-state index contributed by atoms with van der Waals surface area (Å²) in [6, 6.07) is 7.99. The highest BCUT2D eigenvalue weighted by Crippen LogP contribution is 2.26. The Morgan fingerprint density at radius 3 is 2.41 bits per heavy atom. The third kappa shape index (κ3) is 2.56. The predicted octanol–water partition coefficient (Wildman–Crippen LogP) is 2.94. The van der Waals surface area contributed by atoms with Gasteiger partial charge in [0, 0.05) is 22.7 Å². The Balaban J connectivity index is 2.59. The van der Waals surface area contributed by atoms with Crippen molar-refractivity contribution in [3.05, 3.63) is 36.0 Å². The van der Waals surface area contributed by atoms with Crippen molar-refractivity contribution < 1.29 is 5.11 Å². The van der Waals surface area contributed by atoms with Gasteiger partial charge in [-0.1, -0.05) is 24.3 Å². The first-order chi connectivity index (χ1) is 8.01. The van der Waals surface area contributed by atoms with Crippen LogP contribution in [0.25, 0.3) is 10.8 Å². The van der Waals surface area contributed by atoms with Crippen LogP contribution in [-0.2, 0) is 6.61 Å². The molecule has 2 N–H and O–H groups in total. The lowest BCUT2D eigenvalue weighted by molar-refractivity contribution is 0.283. The molecule has 90 valence electrons. The monoisotopic (exact) mass is 230 g/mol. The molecule has 3 heteroatoms. The summed E-state index contributed by atoms with van der Waals surface area (Å²) in [4.78, 5) is 4.39. The highest BCUT2D eigenvalue weighted by molar-refractivity contribution is 5.94. The first-order valence-corrected chi connectivity index (χ1v) is 5.77. The maximum absolute atomic E-state index is 9.30. The lowest BCUT2D eigenvalue weighted by Crippen LogP contribution is -2.26. The number of aliphatic hydroxyl groups is 1. The van der Waals surface area contributed by atoms with Crippen LogP contribution in [0.1, 0.15) is 26.3 Å². The molecule has 0 radical (unpaired) electrons. The van der Waals surface area contributed by atoms with Crippen molar-refractivity contribution >= 4 is 16.6 Å². The van der Waals surface area contributed by atoms with Crippen molar-refractivity contribution in [3.63, 3.8) is 0 Å². The number of nitrogens with one attached hydrogen (secondary N) is 1. The summed E-state index contributed by atoms with van der Waals surface area (Å²) in [5, 5.41) is 14.8. The average molecular weight is 230 g/mol. The number of aromatic nitrogens is 1. The van der Waals surface area contributed by atoms with Crippen molar-refractivity contribution in [2.45, 2.75) is 32.9 Å². The van der Waals surface area contributed by atoms with Crippen LogP contribution in [0, 0.1) is 0 Å². The van der Waals surface area contributed by atoms with E-state index < -0.39 is 0 Å². The lowest BCUT2D eigenvalue weighted by Gasteiger charge is -2.22. The van der Waals surface area contributed by atoms with Crippen LogP contribution < -0.4 is 5.32 Å². The van der Waals surface area contributed by atoms with Gasteiger partial charge in [0.05, 0.1) is 6.61 Å². The third-order valence-electron chi connectivity index (χ3n) is 2.54. The molecule has 2 rings (SSSR count). The summed E-state index contributed by atoms with van der Waals surface area (Å²) in [5.41, 5.74) is 0.830. The lowest BCUT2D eigenvalue weighted by atomic mass is 10.1. The molecule has 0 saturated heterocycles. The van der Waals surface area contributed by atoms with Crippen LogP contribution in [0.3, 0.4) is 0 Å². The second-order valence-corrected chi connectivity index (χ2v) is 5.21. The number of benzene rings is 1. The number of aliphatic hydroxyl groups excluding tert-OH is 1. The summed E-state index contributed by atoms with van der Waals surface area (Å²) in [5.74, 6) is 0.866. The number of pyridine rings is 1. The molecular weight excluding hydrogens is 212 g/mol. The van der Waals surface area contributed by atoms with Crippen molar-refractivity contribution in [2.75, 3.05) is 5.32 Å². The van der Waals surface area contributed by atoms with Crippen LogP contribution in [0.2, 0.25) is 0 Å². The van der Waals surface area contributed by atoms with Crippen molar-refractivity contribution in [2.24, 2.45) is 0 Å². The summed E-state index contributed by atoms with van der Waals surface area (Å²) in [6.45, 7) is 6.32. The van der Waals surface area contributed by atoms with E-state index in [4.69, 9.17) is 0 Å². The first-order valence-electron chi connectivity index (χ1n) is 5.77. The molecular formula is C14H18N2O. The minimum Gasteiger partial charge on any atom is -0.392 e. The zero-order valence-electron chi connectivity index (χ0n) is 10.5. The van der Waals surface area contributed by atoms with E-state index in [-0.39, 0.29) is 12.1 Å². The number of hydrogen-bond acceptors (Lipinski definition) is 3. The Labute approximate surface area is 102 Å². The van der Waals surface area contributed by atoms with Gasteiger partial charge in [0.1, 0.15) is 5.82 Å². The molecule has 0 aliphatic rings. The molecule has 0 unspecified atom stereocenters. The molecule has 17 heavy (non-hydrogen) atoms. The van der Waals surface area contributed by atoms with E-state index in [1.54, 1.807) is 6.20 Å². The highest BCUT2D eigenvalue weighted by Gasteiger charge is 2.13. The summed E-state index contributed by atoms with van der Waals surface area (Å²) >= 11 is 0. The second-order valence-electron chi connectivity index (χ2n) is 5.21. The van der Waals surface area contributed by atoms with Crippen LogP contribution in [0.4, 0.5) is 5.82 Å². The SMILES string of the molecule is CC(C)(C)Nc1ncc(CO)c2ccccc12. The molecule has 0 aliphatic heterocycles. The quantitative estimate of drug-likeness (QED) is 0.833. The molecule has 1 aromatic heterocycles. The fourth-order valence-electron chi connectivity index (χ4n) is 1.83. The van der Waals surface area contributed by atoms with Gasteiger partial charge in [-0.05, 0) is 26.2 Å². The van der Waals surface area contributed by atoms with Gasteiger partial charge in [-0.2, -0.15) is 0 Å². The Morgan fingerprint density at radius 1 is 1.18 bits per heavy atom. The van der Waals surface area contributed by atoms with E-state index >= 15 is 0 Å². The number of fused-ring (bicyclic) bond motifs is 1. The molecule has 0 amide bonds. The van der Waals surface area contributed by atoms with Crippen LogP contribution in [0.15, 0.2) is 30.5 Å². The van der Waals surface area contributed by atoms with Crippen molar-refractivity contribution in [1.82, 2.24) is 4.98 Å². The van der Waals surface area contributed by atoms with E-state index in [1.165, 1.54) is 0 Å². The molecule has 0 bridgehead atoms. The number of anilines is 1. The zero-order valence-corrected chi connectivity index (χ0v) is 10.5. The fourth-order valence-corrected chi connectivity index (χ4v) is 1.83. The summed E-state index contributed by atoms with van der Waals surface area (Å²) in [7, 11) is 0. The molecule has 1 heterocycles. The van der Waals surface area contributed by atoms with Gasteiger partial charge in [0.15, 0.2) is 0 Å². The molecule has 3 nitrogen and oxygen atoms in total. The Kier molecular flexibility index (Phi) is 3.03. The Morgan fingerprint density at radius 2 is 1.82 bits per heavy atom. The van der Waals surface area contributed by atoms with E-state index in [9.17, 15) is 5.11 Å². The van der Waals surface area contributed by atoms with Crippen molar-refractivity contribution in [1.29, 1.82) is 0 Å². The highest BCUT2D eigenvalue weighted by atomic mass is 16.3.